The van der Waals surface area contributed by atoms with Gasteiger partial charge in [-0.05, 0) is 98.6 Å². The van der Waals surface area contributed by atoms with Crippen LogP contribution in [0.25, 0.3) is 0 Å². The van der Waals surface area contributed by atoms with Gasteiger partial charge in [-0.1, -0.05) is 20.8 Å². The molecule has 0 spiro atoms. The first-order chi connectivity index (χ1) is 25.5. The molecule has 0 aliphatic carbocycles. The molecule has 324 valence electrons. The van der Waals surface area contributed by atoms with Gasteiger partial charge in [0.2, 0.25) is 0 Å². The third-order valence-corrected chi connectivity index (χ3v) is 11.6. The Morgan fingerprint density at radius 1 is 0.964 bits per heavy atom. The lowest BCUT2D eigenvalue weighted by atomic mass is 9.70. The minimum absolute atomic E-state index is 0.00902. The van der Waals surface area contributed by atoms with Gasteiger partial charge in [0.15, 0.2) is 6.29 Å². The van der Waals surface area contributed by atoms with Crippen molar-refractivity contribution in [1.82, 2.24) is 10.2 Å². The quantitative estimate of drug-likeness (QED) is 0.155. The third kappa shape index (κ3) is 11.0. The van der Waals surface area contributed by atoms with Gasteiger partial charge in [0, 0.05) is 30.2 Å². The summed E-state index contributed by atoms with van der Waals surface area (Å²) in [6.45, 7) is 11.3. The second-order valence-electron chi connectivity index (χ2n) is 16.6. The number of rotatable bonds is 7. The Morgan fingerprint density at radius 2 is 1.52 bits per heavy atom. The van der Waals surface area contributed by atoms with E-state index in [1.54, 1.807) is 46.7 Å². The number of hydrogen-bond acceptors (Lipinski definition) is 12. The number of aliphatic hydroxyl groups is 5. The van der Waals surface area contributed by atoms with Crippen LogP contribution in [0.4, 0.5) is 32.0 Å². The molecular weight excluding hydrogens is 756 g/mol. The zero-order valence-corrected chi connectivity index (χ0v) is 33.7. The second-order valence-corrected chi connectivity index (χ2v) is 16.6. The van der Waals surface area contributed by atoms with Gasteiger partial charge in [0.05, 0.1) is 40.5 Å². The van der Waals surface area contributed by atoms with Crippen molar-refractivity contribution in [3.05, 3.63) is 29.3 Å². The summed E-state index contributed by atoms with van der Waals surface area (Å²) >= 11 is 0. The van der Waals surface area contributed by atoms with E-state index in [9.17, 15) is 56.7 Å². The molecule has 3 rings (SSSR count). The summed E-state index contributed by atoms with van der Waals surface area (Å²) in [7, 11) is 3.49. The number of hydrogen-bond donors (Lipinski definition) is 7. The minimum Gasteiger partial charge on any atom is -0.459 e. The molecule has 12 nitrogen and oxygen atoms in total. The lowest BCUT2D eigenvalue weighted by Gasteiger charge is -2.49. The maximum absolute atomic E-state index is 14.1. The van der Waals surface area contributed by atoms with E-state index in [-0.39, 0.29) is 25.5 Å². The molecule has 2 aliphatic rings. The van der Waals surface area contributed by atoms with Crippen molar-refractivity contribution in [3.63, 3.8) is 0 Å². The number of halogens is 6. The number of anilines is 1. The van der Waals surface area contributed by atoms with E-state index >= 15 is 0 Å². The van der Waals surface area contributed by atoms with Gasteiger partial charge in [-0.3, -0.25) is 4.79 Å². The van der Waals surface area contributed by atoms with Gasteiger partial charge in [-0.2, -0.15) is 26.3 Å². The van der Waals surface area contributed by atoms with Gasteiger partial charge in [0.25, 0.3) is 0 Å². The summed E-state index contributed by atoms with van der Waals surface area (Å²) < 4.78 is 101. The minimum atomic E-state index is -5.18. The summed E-state index contributed by atoms with van der Waals surface area (Å²) in [5.74, 6) is -4.63. The SMILES string of the molecule is CC[C@H]1OC(=O)C(C)[C@@](O)(CNc2cc(C(F)(F)F)cc(C(F)(F)F)c2)[C@H](C)[C@@H](O[C@@H]2O[C@H](C)C[C@H](N(C)C)[C@H]2O)[C@@](C)(O)C[C@@H](C)CN[C@H](C)[C@@H](O)[C@]1(C)O. The molecular formula is C38H61F6N3O9. The van der Waals surface area contributed by atoms with Crippen LogP contribution in [-0.4, -0.2) is 129 Å². The van der Waals surface area contributed by atoms with E-state index in [1.807, 2.05) is 0 Å². The highest BCUT2D eigenvalue weighted by Gasteiger charge is 2.55. The molecule has 0 bridgehead atoms. The van der Waals surface area contributed by atoms with Crippen molar-refractivity contribution < 1.29 is 70.9 Å². The molecule has 7 N–H and O–H groups in total. The molecule has 1 aromatic carbocycles. The third-order valence-electron chi connectivity index (χ3n) is 11.6. The van der Waals surface area contributed by atoms with Gasteiger partial charge in [0.1, 0.15) is 23.9 Å². The van der Waals surface area contributed by atoms with E-state index in [4.69, 9.17) is 14.2 Å². The molecule has 56 heavy (non-hydrogen) atoms. The number of alkyl halides is 6. The predicted molar refractivity (Wildman–Crippen MR) is 194 cm³/mol. The van der Waals surface area contributed by atoms with E-state index < -0.39 is 125 Å². The molecule has 0 aromatic heterocycles. The van der Waals surface area contributed by atoms with Crippen molar-refractivity contribution in [2.24, 2.45) is 17.8 Å². The fourth-order valence-electron chi connectivity index (χ4n) is 8.02. The fraction of sp³-hybridized carbons (Fsp3) is 0.816. The molecule has 1 unspecified atom stereocenters. The van der Waals surface area contributed by atoms with E-state index in [0.717, 1.165) is 0 Å². The number of aliphatic hydroxyl groups excluding tert-OH is 2. The maximum Gasteiger partial charge on any atom is 0.416 e. The average Bonchev–Trinajstić information content (AvgIpc) is 3.08. The summed E-state index contributed by atoms with van der Waals surface area (Å²) in [6, 6.07) is -0.421. The fourth-order valence-corrected chi connectivity index (χ4v) is 8.02. The van der Waals surface area contributed by atoms with Crippen LogP contribution in [0, 0.1) is 17.8 Å². The monoisotopic (exact) mass is 817 g/mol. The number of likely N-dealkylation sites (N-methyl/N-ethyl adjacent to an activating group) is 1. The molecule has 2 heterocycles. The highest BCUT2D eigenvalue weighted by molar-refractivity contribution is 5.74. The summed E-state index contributed by atoms with van der Waals surface area (Å²) in [5, 5.41) is 64.9. The van der Waals surface area contributed by atoms with Gasteiger partial charge >= 0.3 is 18.3 Å². The van der Waals surface area contributed by atoms with Crippen LogP contribution >= 0.6 is 0 Å². The second kappa shape index (κ2) is 17.9. The molecule has 0 radical (unpaired) electrons. The van der Waals surface area contributed by atoms with Crippen molar-refractivity contribution >= 4 is 11.7 Å². The molecule has 1 aromatic rings. The van der Waals surface area contributed by atoms with Crippen molar-refractivity contribution in [2.45, 2.75) is 153 Å². The highest BCUT2D eigenvalue weighted by Crippen LogP contribution is 2.42. The lowest BCUT2D eigenvalue weighted by Crippen LogP contribution is -2.63. The van der Waals surface area contributed by atoms with Gasteiger partial charge < -0.3 is 55.3 Å². The molecule has 0 saturated carbocycles. The Kier molecular flexibility index (Phi) is 15.4. The Morgan fingerprint density at radius 3 is 2.02 bits per heavy atom. The van der Waals surface area contributed by atoms with Crippen LogP contribution in [0.1, 0.15) is 85.8 Å². The van der Waals surface area contributed by atoms with Crippen LogP contribution in [0.2, 0.25) is 0 Å². The molecule has 2 saturated heterocycles. The maximum atomic E-state index is 14.1. The summed E-state index contributed by atoms with van der Waals surface area (Å²) in [4.78, 5) is 15.8. The molecule has 0 amide bonds. The van der Waals surface area contributed by atoms with Crippen LogP contribution in [-0.2, 0) is 31.4 Å². The molecule has 2 fully saturated rings. The Balaban J connectivity index is 2.25. The summed E-state index contributed by atoms with van der Waals surface area (Å²) in [5.41, 5.74) is -10.4. The van der Waals surface area contributed by atoms with E-state index in [0.29, 0.717) is 18.6 Å². The van der Waals surface area contributed by atoms with Gasteiger partial charge in [-0.15, -0.1) is 0 Å². The summed E-state index contributed by atoms with van der Waals surface area (Å²) in [6.07, 6.45) is -17.5. The Bertz CT molecular complexity index is 1430. The Hall–Kier alpha value is -2.29. The number of carbonyl (C=O) groups is 1. The smallest absolute Gasteiger partial charge is 0.416 e. The zero-order chi connectivity index (χ0) is 42.9. The first-order valence-electron chi connectivity index (χ1n) is 18.9. The molecule has 18 heteroatoms. The van der Waals surface area contributed by atoms with Crippen molar-refractivity contribution in [2.75, 3.05) is 32.5 Å². The first-order valence-corrected chi connectivity index (χ1v) is 18.9. The highest BCUT2D eigenvalue weighted by atomic mass is 19.4. The molecule has 14 atom stereocenters. The van der Waals surface area contributed by atoms with Crippen LogP contribution in [0.5, 0.6) is 0 Å². The predicted octanol–water partition coefficient (Wildman–Crippen LogP) is 4.15. The zero-order valence-electron chi connectivity index (χ0n) is 33.7. The number of esters is 1. The van der Waals surface area contributed by atoms with Crippen LogP contribution in [0.15, 0.2) is 18.2 Å². The number of nitrogens with one attached hydrogen (secondary N) is 2. The molecule has 2 aliphatic heterocycles. The average molecular weight is 818 g/mol. The number of benzene rings is 1. The number of carbonyl (C=O) groups excluding carboxylic acids is 1. The standard InChI is InChI=1S/C38H61F6N3O9/c1-11-28-35(8,52)30(49)23(6)45-17-19(2)16-34(7,51)31(56-33-29(48)27(47(9)10)12-20(3)54-33)21(4)36(53,22(5)32(50)55-28)18-46-26-14-24(37(39,40)41)13-25(15-26)38(42,43)44/h13-15,19-23,27-31,33,45-46,48-49,51-53H,11-12,16-18H2,1-10H3/t19-,20-,21-,22?,23-,27+,28-,29-,30-,31-,33+,34+,35-,36-/m1/s1. The van der Waals surface area contributed by atoms with E-state index in [2.05, 4.69) is 10.6 Å². The van der Waals surface area contributed by atoms with Crippen LogP contribution in [0.3, 0.4) is 0 Å². The van der Waals surface area contributed by atoms with Crippen molar-refractivity contribution in [3.8, 4) is 0 Å². The van der Waals surface area contributed by atoms with E-state index in [1.165, 1.54) is 27.7 Å². The number of cyclic esters (lactones) is 1. The number of ether oxygens (including phenoxy) is 3. The normalized spacial score (nSPS) is 40.1. The number of nitrogens with zero attached hydrogens (tertiary/aromatic N) is 1. The largest absolute Gasteiger partial charge is 0.459 e. The topological polar surface area (TPSA) is 173 Å². The van der Waals surface area contributed by atoms with Crippen LogP contribution < -0.4 is 10.6 Å². The Labute approximate surface area is 324 Å². The first kappa shape index (κ1) is 48.1. The van der Waals surface area contributed by atoms with Gasteiger partial charge in [-0.25, -0.2) is 0 Å². The lowest BCUT2D eigenvalue weighted by molar-refractivity contribution is -0.303. The van der Waals surface area contributed by atoms with Crippen molar-refractivity contribution in [1.29, 1.82) is 0 Å².